The smallest absolute Gasteiger partial charge is 0.282 e. The van der Waals surface area contributed by atoms with E-state index in [-0.39, 0.29) is 6.04 Å². The van der Waals surface area contributed by atoms with Crippen molar-refractivity contribution in [3.05, 3.63) is 0 Å². The molecule has 19 heavy (non-hydrogen) atoms. The molecule has 112 valence electrons. The van der Waals surface area contributed by atoms with Crippen LogP contribution in [0.15, 0.2) is 0 Å². The Morgan fingerprint density at radius 1 is 1.00 bits per heavy atom. The lowest BCUT2D eigenvalue weighted by Crippen LogP contribution is -2.47. The van der Waals surface area contributed by atoms with Crippen molar-refractivity contribution < 1.29 is 8.42 Å². The minimum atomic E-state index is -3.27. The fourth-order valence-corrected chi connectivity index (χ4v) is 4.68. The van der Waals surface area contributed by atoms with Gasteiger partial charge in [0.15, 0.2) is 0 Å². The van der Waals surface area contributed by atoms with Crippen LogP contribution in [0.2, 0.25) is 0 Å². The molecule has 2 fully saturated rings. The molecule has 0 aromatic rings. The quantitative estimate of drug-likeness (QED) is 0.794. The largest absolute Gasteiger partial charge is 0.315 e. The number of hydrogen-bond donors (Lipinski definition) is 1. The molecule has 2 rings (SSSR count). The Morgan fingerprint density at radius 3 is 2.37 bits per heavy atom. The highest BCUT2D eigenvalue weighted by atomic mass is 32.2. The summed E-state index contributed by atoms with van der Waals surface area (Å²) in [5.41, 5.74) is 0. The molecule has 1 aliphatic carbocycles. The summed E-state index contributed by atoms with van der Waals surface area (Å²) in [5, 5.41) is 3.25. The van der Waals surface area contributed by atoms with Crippen LogP contribution in [-0.2, 0) is 10.2 Å². The van der Waals surface area contributed by atoms with E-state index in [9.17, 15) is 8.42 Å². The van der Waals surface area contributed by atoms with E-state index in [0.717, 1.165) is 45.2 Å². The molecular formula is C13H27N3O2S. The minimum absolute atomic E-state index is 0.198. The normalized spacial score (nSPS) is 25.2. The van der Waals surface area contributed by atoms with Crippen LogP contribution < -0.4 is 5.32 Å². The zero-order valence-corrected chi connectivity index (χ0v) is 12.8. The van der Waals surface area contributed by atoms with Crippen molar-refractivity contribution in [2.24, 2.45) is 0 Å². The number of rotatable bonds is 3. The van der Waals surface area contributed by atoms with Gasteiger partial charge in [-0.25, -0.2) is 0 Å². The van der Waals surface area contributed by atoms with E-state index in [1.54, 1.807) is 15.7 Å². The van der Waals surface area contributed by atoms with Crippen molar-refractivity contribution in [1.29, 1.82) is 0 Å². The molecule has 0 radical (unpaired) electrons. The summed E-state index contributed by atoms with van der Waals surface area (Å²) < 4.78 is 28.6. The second-order valence-electron chi connectivity index (χ2n) is 5.67. The summed E-state index contributed by atoms with van der Waals surface area (Å²) in [7, 11) is -1.51. The van der Waals surface area contributed by atoms with Gasteiger partial charge < -0.3 is 5.32 Å². The van der Waals surface area contributed by atoms with Gasteiger partial charge in [-0.2, -0.15) is 17.0 Å². The molecule has 0 atom stereocenters. The van der Waals surface area contributed by atoms with E-state index < -0.39 is 10.2 Å². The van der Waals surface area contributed by atoms with Crippen LogP contribution >= 0.6 is 0 Å². The van der Waals surface area contributed by atoms with Crippen molar-refractivity contribution in [3.8, 4) is 0 Å². The summed E-state index contributed by atoms with van der Waals surface area (Å²) in [5.74, 6) is 0. The average Bonchev–Trinajstić information content (AvgIpc) is 2.82. The van der Waals surface area contributed by atoms with Crippen LogP contribution in [0, 0.1) is 0 Å². The first-order valence-corrected chi connectivity index (χ1v) is 8.96. The number of nitrogens with one attached hydrogen (secondary N) is 1. The lowest BCUT2D eigenvalue weighted by atomic mass is 10.1. The van der Waals surface area contributed by atoms with Crippen LogP contribution in [0.25, 0.3) is 0 Å². The van der Waals surface area contributed by atoms with E-state index in [1.165, 1.54) is 12.8 Å². The molecule has 6 heteroatoms. The van der Waals surface area contributed by atoms with E-state index in [1.807, 2.05) is 0 Å². The van der Waals surface area contributed by atoms with Crippen LogP contribution in [-0.4, -0.2) is 56.3 Å². The molecule has 1 heterocycles. The van der Waals surface area contributed by atoms with Gasteiger partial charge in [0.05, 0.1) is 0 Å². The van der Waals surface area contributed by atoms with Gasteiger partial charge in [0.1, 0.15) is 0 Å². The molecule has 1 aliphatic heterocycles. The third-order valence-electron chi connectivity index (χ3n) is 4.33. The second kappa shape index (κ2) is 7.02. The molecule has 1 saturated heterocycles. The van der Waals surface area contributed by atoms with Gasteiger partial charge in [0.25, 0.3) is 10.2 Å². The predicted molar refractivity (Wildman–Crippen MR) is 77.2 cm³/mol. The van der Waals surface area contributed by atoms with Crippen molar-refractivity contribution in [2.45, 2.75) is 51.0 Å². The first kappa shape index (κ1) is 15.2. The summed E-state index contributed by atoms with van der Waals surface area (Å²) >= 11 is 0. The Kier molecular flexibility index (Phi) is 5.62. The molecule has 0 aromatic carbocycles. The van der Waals surface area contributed by atoms with Gasteiger partial charge in [-0.15, -0.1) is 0 Å². The van der Waals surface area contributed by atoms with Gasteiger partial charge in [-0.3, -0.25) is 0 Å². The highest BCUT2D eigenvalue weighted by Crippen LogP contribution is 2.24. The number of nitrogens with zero attached hydrogens (tertiary/aromatic N) is 2. The third-order valence-corrected chi connectivity index (χ3v) is 6.37. The number of hydrogen-bond acceptors (Lipinski definition) is 3. The predicted octanol–water partition coefficient (Wildman–Crippen LogP) is 1.18. The van der Waals surface area contributed by atoms with Gasteiger partial charge in [-0.05, 0) is 25.8 Å². The zero-order valence-electron chi connectivity index (χ0n) is 12.0. The highest BCUT2D eigenvalue weighted by Gasteiger charge is 2.32. The molecular weight excluding hydrogens is 262 g/mol. The summed E-state index contributed by atoms with van der Waals surface area (Å²) in [4.78, 5) is 0. The van der Waals surface area contributed by atoms with Gasteiger partial charge in [0, 0.05) is 32.7 Å². The van der Waals surface area contributed by atoms with Gasteiger partial charge >= 0.3 is 0 Å². The molecule has 0 bridgehead atoms. The lowest BCUT2D eigenvalue weighted by Gasteiger charge is -2.31. The molecule has 1 saturated carbocycles. The first-order valence-electron chi connectivity index (χ1n) is 7.56. The Balaban J connectivity index is 2.03. The van der Waals surface area contributed by atoms with E-state index in [0.29, 0.717) is 13.1 Å². The minimum Gasteiger partial charge on any atom is -0.315 e. The van der Waals surface area contributed by atoms with Crippen molar-refractivity contribution in [2.75, 3.05) is 33.2 Å². The Morgan fingerprint density at radius 2 is 1.68 bits per heavy atom. The molecule has 0 aromatic heterocycles. The van der Waals surface area contributed by atoms with E-state index in [4.69, 9.17) is 0 Å². The molecule has 5 nitrogen and oxygen atoms in total. The Labute approximate surface area is 117 Å². The second-order valence-corrected chi connectivity index (χ2v) is 7.66. The van der Waals surface area contributed by atoms with Crippen molar-refractivity contribution >= 4 is 10.2 Å². The average molecular weight is 289 g/mol. The van der Waals surface area contributed by atoms with Gasteiger partial charge in [0.2, 0.25) is 0 Å². The van der Waals surface area contributed by atoms with Crippen LogP contribution in [0.4, 0.5) is 0 Å². The SMILES string of the molecule is CN(C1CCCCCC1)S(=O)(=O)N1CCCNCC1. The van der Waals surface area contributed by atoms with E-state index >= 15 is 0 Å². The zero-order chi connectivity index (χ0) is 13.7. The van der Waals surface area contributed by atoms with E-state index in [2.05, 4.69) is 5.32 Å². The summed E-state index contributed by atoms with van der Waals surface area (Å²) in [6.45, 7) is 2.92. The third kappa shape index (κ3) is 3.90. The van der Waals surface area contributed by atoms with Crippen LogP contribution in [0.3, 0.4) is 0 Å². The Bertz CT molecular complexity index is 356. The topological polar surface area (TPSA) is 52.7 Å². The first-order chi connectivity index (χ1) is 9.12. The van der Waals surface area contributed by atoms with Crippen LogP contribution in [0.5, 0.6) is 0 Å². The summed E-state index contributed by atoms with van der Waals surface area (Å²) in [6, 6.07) is 0.198. The fourth-order valence-electron chi connectivity index (χ4n) is 3.04. The van der Waals surface area contributed by atoms with Crippen LogP contribution in [0.1, 0.15) is 44.9 Å². The molecule has 2 aliphatic rings. The molecule has 0 unspecified atom stereocenters. The maximum absolute atomic E-state index is 12.7. The van der Waals surface area contributed by atoms with Crippen molar-refractivity contribution in [1.82, 2.24) is 13.9 Å². The monoisotopic (exact) mass is 289 g/mol. The molecule has 0 amide bonds. The van der Waals surface area contributed by atoms with Crippen molar-refractivity contribution in [3.63, 3.8) is 0 Å². The molecule has 1 N–H and O–H groups in total. The standard InChI is InChI=1S/C13H27N3O2S/c1-15(13-7-4-2-3-5-8-13)19(17,18)16-11-6-9-14-10-12-16/h13-14H,2-12H2,1H3. The van der Waals surface area contributed by atoms with Gasteiger partial charge in [-0.1, -0.05) is 25.7 Å². The lowest BCUT2D eigenvalue weighted by molar-refractivity contribution is 0.299. The maximum Gasteiger partial charge on any atom is 0.282 e. The summed E-state index contributed by atoms with van der Waals surface area (Å²) in [6.07, 6.45) is 7.75. The highest BCUT2D eigenvalue weighted by molar-refractivity contribution is 7.86. The maximum atomic E-state index is 12.7. The fraction of sp³-hybridized carbons (Fsp3) is 1.00. The Hall–Kier alpha value is -0.170. The molecule has 0 spiro atoms.